The SMILES string of the molecule is C[C@@H]1CCCCN1S(=O)(=O)c1ccc(C(=O)N2CCN(C(=O)[C@@H]3CCCO3)CC2)cc1. The Labute approximate surface area is 184 Å². The Morgan fingerprint density at radius 1 is 0.903 bits per heavy atom. The summed E-state index contributed by atoms with van der Waals surface area (Å²) < 4.78 is 33.0. The summed E-state index contributed by atoms with van der Waals surface area (Å²) in [6.07, 6.45) is 4.14. The quantitative estimate of drug-likeness (QED) is 0.699. The molecule has 3 aliphatic rings. The van der Waals surface area contributed by atoms with Gasteiger partial charge in [-0.05, 0) is 56.9 Å². The van der Waals surface area contributed by atoms with Crippen molar-refractivity contribution in [1.29, 1.82) is 0 Å². The fraction of sp³-hybridized carbons (Fsp3) is 0.636. The van der Waals surface area contributed by atoms with Crippen LogP contribution in [0.3, 0.4) is 0 Å². The highest BCUT2D eigenvalue weighted by Gasteiger charge is 2.33. The van der Waals surface area contributed by atoms with Gasteiger partial charge in [0.1, 0.15) is 6.10 Å². The van der Waals surface area contributed by atoms with E-state index in [-0.39, 0.29) is 28.9 Å². The number of carbonyl (C=O) groups is 2. The molecule has 0 aromatic heterocycles. The van der Waals surface area contributed by atoms with Gasteiger partial charge in [-0.3, -0.25) is 9.59 Å². The fourth-order valence-electron chi connectivity index (χ4n) is 4.62. The van der Waals surface area contributed by atoms with Crippen LogP contribution in [0.5, 0.6) is 0 Å². The summed E-state index contributed by atoms with van der Waals surface area (Å²) >= 11 is 0. The van der Waals surface area contributed by atoms with Gasteiger partial charge >= 0.3 is 0 Å². The van der Waals surface area contributed by atoms with Crippen molar-refractivity contribution in [3.8, 4) is 0 Å². The van der Waals surface area contributed by atoms with Crippen LogP contribution in [0.2, 0.25) is 0 Å². The molecule has 3 aliphatic heterocycles. The number of hydrogen-bond donors (Lipinski definition) is 0. The molecule has 2 atom stereocenters. The number of piperazine rings is 1. The largest absolute Gasteiger partial charge is 0.368 e. The van der Waals surface area contributed by atoms with Gasteiger partial charge in [0.15, 0.2) is 0 Å². The van der Waals surface area contributed by atoms with E-state index in [2.05, 4.69) is 0 Å². The highest BCUT2D eigenvalue weighted by molar-refractivity contribution is 7.89. The molecule has 170 valence electrons. The molecule has 8 nitrogen and oxygen atoms in total. The molecular weight excluding hydrogens is 418 g/mol. The topological polar surface area (TPSA) is 87.2 Å². The number of amides is 2. The molecule has 1 aromatic carbocycles. The van der Waals surface area contributed by atoms with E-state index in [9.17, 15) is 18.0 Å². The number of piperidine rings is 1. The minimum atomic E-state index is -3.55. The van der Waals surface area contributed by atoms with Crippen LogP contribution in [0.25, 0.3) is 0 Å². The van der Waals surface area contributed by atoms with Gasteiger partial charge in [-0.25, -0.2) is 8.42 Å². The number of benzene rings is 1. The second-order valence-electron chi connectivity index (χ2n) is 8.60. The van der Waals surface area contributed by atoms with Crippen molar-refractivity contribution in [3.63, 3.8) is 0 Å². The van der Waals surface area contributed by atoms with Crippen LogP contribution in [-0.2, 0) is 19.6 Å². The van der Waals surface area contributed by atoms with E-state index in [1.54, 1.807) is 26.2 Å². The zero-order valence-electron chi connectivity index (χ0n) is 18.0. The molecule has 3 saturated heterocycles. The second-order valence-corrected chi connectivity index (χ2v) is 10.5. The van der Waals surface area contributed by atoms with E-state index >= 15 is 0 Å². The Hall–Kier alpha value is -1.97. The Kier molecular flexibility index (Phi) is 6.64. The molecule has 4 rings (SSSR count). The number of nitrogens with zero attached hydrogens (tertiary/aromatic N) is 3. The maximum Gasteiger partial charge on any atom is 0.253 e. The van der Waals surface area contributed by atoms with Crippen LogP contribution in [0, 0.1) is 0 Å². The minimum absolute atomic E-state index is 0.00584. The number of sulfonamides is 1. The van der Waals surface area contributed by atoms with Crippen molar-refractivity contribution < 1.29 is 22.7 Å². The Morgan fingerprint density at radius 3 is 2.19 bits per heavy atom. The third-order valence-electron chi connectivity index (χ3n) is 6.53. The number of carbonyl (C=O) groups excluding carboxylic acids is 2. The summed E-state index contributed by atoms with van der Waals surface area (Å²) in [5, 5.41) is 0. The Morgan fingerprint density at radius 2 is 1.58 bits per heavy atom. The van der Waals surface area contributed by atoms with Crippen LogP contribution in [0.1, 0.15) is 49.4 Å². The average molecular weight is 450 g/mol. The Balaban J connectivity index is 1.37. The van der Waals surface area contributed by atoms with E-state index in [4.69, 9.17) is 4.74 Å². The molecule has 0 spiro atoms. The van der Waals surface area contributed by atoms with Crippen molar-refractivity contribution in [3.05, 3.63) is 29.8 Å². The number of ether oxygens (including phenoxy) is 1. The maximum absolute atomic E-state index is 13.0. The summed E-state index contributed by atoms with van der Waals surface area (Å²) in [5.74, 6) is -0.120. The van der Waals surface area contributed by atoms with Gasteiger partial charge < -0.3 is 14.5 Å². The van der Waals surface area contributed by atoms with E-state index in [0.717, 1.165) is 32.1 Å². The molecule has 3 fully saturated rings. The van der Waals surface area contributed by atoms with E-state index in [1.165, 1.54) is 12.1 Å². The smallest absolute Gasteiger partial charge is 0.253 e. The first kappa shape index (κ1) is 22.2. The zero-order chi connectivity index (χ0) is 22.0. The van der Waals surface area contributed by atoms with Crippen molar-refractivity contribution in [1.82, 2.24) is 14.1 Å². The highest BCUT2D eigenvalue weighted by atomic mass is 32.2. The van der Waals surface area contributed by atoms with Gasteiger partial charge in [0, 0.05) is 50.9 Å². The van der Waals surface area contributed by atoms with Gasteiger partial charge in [-0.15, -0.1) is 0 Å². The third kappa shape index (κ3) is 4.63. The molecule has 0 N–H and O–H groups in total. The zero-order valence-corrected chi connectivity index (χ0v) is 18.8. The molecule has 0 aliphatic carbocycles. The average Bonchev–Trinajstić information content (AvgIpc) is 3.33. The number of rotatable bonds is 4. The van der Waals surface area contributed by atoms with Gasteiger partial charge in [0.2, 0.25) is 10.0 Å². The van der Waals surface area contributed by atoms with Gasteiger partial charge in [-0.2, -0.15) is 4.31 Å². The molecule has 0 saturated carbocycles. The van der Waals surface area contributed by atoms with E-state index < -0.39 is 10.0 Å². The van der Waals surface area contributed by atoms with Crippen molar-refractivity contribution >= 4 is 21.8 Å². The lowest BCUT2D eigenvalue weighted by Crippen LogP contribution is -2.52. The van der Waals surface area contributed by atoms with Gasteiger partial charge in [0.25, 0.3) is 11.8 Å². The highest BCUT2D eigenvalue weighted by Crippen LogP contribution is 2.25. The van der Waals surface area contributed by atoms with Gasteiger partial charge in [0.05, 0.1) is 4.90 Å². The van der Waals surface area contributed by atoms with Crippen LogP contribution >= 0.6 is 0 Å². The molecule has 31 heavy (non-hydrogen) atoms. The Bertz CT molecular complexity index is 904. The fourth-order valence-corrected chi connectivity index (χ4v) is 6.32. The van der Waals surface area contributed by atoms with Crippen molar-refractivity contribution in [2.75, 3.05) is 39.3 Å². The van der Waals surface area contributed by atoms with Crippen molar-refractivity contribution in [2.45, 2.75) is 56.1 Å². The second kappa shape index (κ2) is 9.26. The van der Waals surface area contributed by atoms with Crippen LogP contribution < -0.4 is 0 Å². The molecule has 0 bridgehead atoms. The lowest BCUT2D eigenvalue weighted by atomic mass is 10.1. The summed E-state index contributed by atoms with van der Waals surface area (Å²) in [7, 11) is -3.55. The maximum atomic E-state index is 13.0. The van der Waals surface area contributed by atoms with Crippen LogP contribution in [-0.4, -0.2) is 85.8 Å². The first-order valence-corrected chi connectivity index (χ1v) is 12.6. The molecule has 1 aromatic rings. The van der Waals surface area contributed by atoms with Crippen molar-refractivity contribution in [2.24, 2.45) is 0 Å². The normalized spacial score (nSPS) is 25.6. The van der Waals surface area contributed by atoms with Gasteiger partial charge in [-0.1, -0.05) is 6.42 Å². The van der Waals surface area contributed by atoms with Crippen LogP contribution in [0.15, 0.2) is 29.2 Å². The summed E-state index contributed by atoms with van der Waals surface area (Å²) in [4.78, 5) is 29.1. The van der Waals surface area contributed by atoms with E-state index in [0.29, 0.717) is 44.9 Å². The lowest BCUT2D eigenvalue weighted by molar-refractivity contribution is -0.142. The number of hydrogen-bond acceptors (Lipinski definition) is 5. The summed E-state index contributed by atoms with van der Waals surface area (Å²) in [5.41, 5.74) is 0.463. The standard InChI is InChI=1S/C22H31N3O5S/c1-17-5-2-3-11-25(17)31(28,29)19-9-7-18(8-10-19)21(26)23-12-14-24(15-13-23)22(27)20-6-4-16-30-20/h7-10,17,20H,2-6,11-16H2,1H3/t17-,20+/m1/s1. The molecular formula is C22H31N3O5S. The third-order valence-corrected chi connectivity index (χ3v) is 8.56. The summed E-state index contributed by atoms with van der Waals surface area (Å²) in [6.45, 7) is 5.02. The van der Waals surface area contributed by atoms with E-state index in [1.807, 2.05) is 6.92 Å². The predicted molar refractivity (Wildman–Crippen MR) is 115 cm³/mol. The predicted octanol–water partition coefficient (Wildman–Crippen LogP) is 1.71. The molecule has 2 amide bonds. The molecule has 0 radical (unpaired) electrons. The monoisotopic (exact) mass is 449 g/mol. The lowest BCUT2D eigenvalue weighted by Gasteiger charge is -2.35. The van der Waals surface area contributed by atoms with Crippen LogP contribution in [0.4, 0.5) is 0 Å². The minimum Gasteiger partial charge on any atom is -0.368 e. The molecule has 9 heteroatoms. The summed E-state index contributed by atoms with van der Waals surface area (Å²) in [6, 6.07) is 6.23. The molecule has 3 heterocycles. The molecule has 0 unspecified atom stereocenters. The first-order valence-electron chi connectivity index (χ1n) is 11.2. The first-order chi connectivity index (χ1) is 14.9.